The zero-order valence-electron chi connectivity index (χ0n) is 11.7. The number of benzene rings is 1. The van der Waals surface area contributed by atoms with Crippen molar-refractivity contribution >= 4 is 11.7 Å². The molecule has 0 amide bonds. The number of carbonyl (C=O) groups is 1. The second-order valence-corrected chi connectivity index (χ2v) is 4.91. The minimum Gasteiger partial charge on any atom is -0.477 e. The van der Waals surface area contributed by atoms with Crippen molar-refractivity contribution in [2.45, 2.75) is 26.4 Å². The predicted molar refractivity (Wildman–Crippen MR) is 79.0 cm³/mol. The summed E-state index contributed by atoms with van der Waals surface area (Å²) in [6, 6.07) is 13.8. The summed E-state index contributed by atoms with van der Waals surface area (Å²) in [5.74, 6) is -1.00. The highest BCUT2D eigenvalue weighted by Gasteiger charge is 2.12. The molecule has 0 unspecified atom stereocenters. The molecule has 0 fully saturated rings. The molecular formula is C16H18N2O2. The van der Waals surface area contributed by atoms with Crippen molar-refractivity contribution < 1.29 is 9.90 Å². The van der Waals surface area contributed by atoms with E-state index < -0.39 is 5.97 Å². The SMILES string of the molecule is CC(C)N(Cc1ccccc1)c1ccc(C(=O)O)nc1. The first kappa shape index (κ1) is 14.1. The topological polar surface area (TPSA) is 53.4 Å². The third-order valence-electron chi connectivity index (χ3n) is 3.12. The maximum atomic E-state index is 10.8. The monoisotopic (exact) mass is 270 g/mol. The summed E-state index contributed by atoms with van der Waals surface area (Å²) in [7, 11) is 0. The molecule has 2 rings (SSSR count). The van der Waals surface area contributed by atoms with E-state index in [-0.39, 0.29) is 5.69 Å². The Hall–Kier alpha value is -2.36. The van der Waals surface area contributed by atoms with Crippen LogP contribution in [0.5, 0.6) is 0 Å². The number of nitrogens with zero attached hydrogens (tertiary/aromatic N) is 2. The average Bonchev–Trinajstić information content (AvgIpc) is 2.45. The number of hydrogen-bond acceptors (Lipinski definition) is 3. The second kappa shape index (κ2) is 6.19. The summed E-state index contributed by atoms with van der Waals surface area (Å²) in [6.45, 7) is 4.98. The highest BCUT2D eigenvalue weighted by Crippen LogP contribution is 2.19. The van der Waals surface area contributed by atoms with E-state index in [9.17, 15) is 4.79 Å². The smallest absolute Gasteiger partial charge is 0.354 e. The molecule has 104 valence electrons. The Bertz CT molecular complexity index is 565. The van der Waals surface area contributed by atoms with Gasteiger partial charge in [-0.25, -0.2) is 9.78 Å². The molecule has 0 spiro atoms. The van der Waals surface area contributed by atoms with Crippen molar-refractivity contribution in [3.8, 4) is 0 Å². The number of pyridine rings is 1. The first-order valence-electron chi connectivity index (χ1n) is 6.58. The molecule has 4 heteroatoms. The second-order valence-electron chi connectivity index (χ2n) is 4.91. The zero-order valence-corrected chi connectivity index (χ0v) is 11.7. The van der Waals surface area contributed by atoms with E-state index in [1.807, 2.05) is 18.2 Å². The minimum absolute atomic E-state index is 0.0668. The molecule has 1 aromatic heterocycles. The van der Waals surface area contributed by atoms with Gasteiger partial charge >= 0.3 is 5.97 Å². The van der Waals surface area contributed by atoms with E-state index in [0.29, 0.717) is 6.04 Å². The van der Waals surface area contributed by atoms with Crippen LogP contribution in [-0.2, 0) is 6.54 Å². The fraction of sp³-hybridized carbons (Fsp3) is 0.250. The van der Waals surface area contributed by atoms with Gasteiger partial charge in [-0.3, -0.25) is 0 Å². The molecule has 0 atom stereocenters. The van der Waals surface area contributed by atoms with Crippen molar-refractivity contribution in [3.05, 3.63) is 59.9 Å². The summed E-state index contributed by atoms with van der Waals surface area (Å²) in [5.41, 5.74) is 2.20. The van der Waals surface area contributed by atoms with Crippen molar-refractivity contribution in [1.29, 1.82) is 0 Å². The number of rotatable bonds is 5. The number of carboxylic acid groups (broad SMARTS) is 1. The van der Waals surface area contributed by atoms with Gasteiger partial charge in [-0.2, -0.15) is 0 Å². The Kier molecular flexibility index (Phi) is 4.35. The van der Waals surface area contributed by atoms with Gasteiger partial charge < -0.3 is 10.0 Å². The molecule has 20 heavy (non-hydrogen) atoms. The van der Waals surface area contributed by atoms with Gasteiger partial charge in [0, 0.05) is 12.6 Å². The van der Waals surface area contributed by atoms with Crippen LogP contribution < -0.4 is 4.90 Å². The van der Waals surface area contributed by atoms with Crippen molar-refractivity contribution in [1.82, 2.24) is 4.98 Å². The third-order valence-corrected chi connectivity index (χ3v) is 3.12. The van der Waals surface area contributed by atoms with E-state index in [0.717, 1.165) is 12.2 Å². The lowest BCUT2D eigenvalue weighted by Gasteiger charge is -2.28. The Morgan fingerprint density at radius 3 is 2.40 bits per heavy atom. The van der Waals surface area contributed by atoms with Gasteiger partial charge in [0.05, 0.1) is 11.9 Å². The molecule has 0 saturated carbocycles. The van der Waals surface area contributed by atoms with Crippen LogP contribution in [0.3, 0.4) is 0 Å². The van der Waals surface area contributed by atoms with Crippen LogP contribution in [0.1, 0.15) is 29.9 Å². The number of carboxylic acids is 1. The largest absolute Gasteiger partial charge is 0.477 e. The molecule has 4 nitrogen and oxygen atoms in total. The first-order chi connectivity index (χ1) is 9.58. The van der Waals surface area contributed by atoms with E-state index in [1.54, 1.807) is 12.3 Å². The van der Waals surface area contributed by atoms with Gasteiger partial charge in [0.15, 0.2) is 0 Å². The minimum atomic E-state index is -1.00. The van der Waals surface area contributed by atoms with Crippen LogP contribution >= 0.6 is 0 Å². The van der Waals surface area contributed by atoms with Crippen molar-refractivity contribution in [3.63, 3.8) is 0 Å². The standard InChI is InChI=1S/C16H18N2O2/c1-12(2)18(11-13-6-4-3-5-7-13)14-8-9-15(16(19)20)17-10-14/h3-10,12H,11H2,1-2H3,(H,19,20). The molecule has 2 aromatic rings. The average molecular weight is 270 g/mol. The molecule has 1 aromatic carbocycles. The number of hydrogen-bond donors (Lipinski definition) is 1. The maximum Gasteiger partial charge on any atom is 0.354 e. The molecule has 0 bridgehead atoms. The molecule has 0 aliphatic heterocycles. The van der Waals surface area contributed by atoms with Gasteiger partial charge in [-0.1, -0.05) is 30.3 Å². The van der Waals surface area contributed by atoms with Crippen molar-refractivity contribution in [2.75, 3.05) is 4.90 Å². The van der Waals surface area contributed by atoms with Crippen LogP contribution in [0.15, 0.2) is 48.7 Å². The van der Waals surface area contributed by atoms with Crippen LogP contribution in [0.4, 0.5) is 5.69 Å². The third kappa shape index (κ3) is 3.35. The van der Waals surface area contributed by atoms with Crippen LogP contribution in [-0.4, -0.2) is 22.1 Å². The Labute approximate surface area is 118 Å². The first-order valence-corrected chi connectivity index (χ1v) is 6.58. The summed E-state index contributed by atoms with van der Waals surface area (Å²) in [4.78, 5) is 17.0. The zero-order chi connectivity index (χ0) is 14.5. The van der Waals surface area contributed by atoms with Crippen LogP contribution in [0, 0.1) is 0 Å². The van der Waals surface area contributed by atoms with E-state index in [1.165, 1.54) is 11.6 Å². The molecule has 1 heterocycles. The van der Waals surface area contributed by atoms with E-state index >= 15 is 0 Å². The van der Waals surface area contributed by atoms with E-state index in [4.69, 9.17) is 5.11 Å². The Balaban J connectivity index is 2.22. The fourth-order valence-electron chi connectivity index (χ4n) is 2.03. The number of aromatic nitrogens is 1. The van der Waals surface area contributed by atoms with Gasteiger partial charge in [-0.15, -0.1) is 0 Å². The summed E-state index contributed by atoms with van der Waals surface area (Å²) in [6.07, 6.45) is 1.62. The lowest BCUT2D eigenvalue weighted by molar-refractivity contribution is 0.0690. The Morgan fingerprint density at radius 2 is 1.90 bits per heavy atom. The maximum absolute atomic E-state index is 10.8. The summed E-state index contributed by atoms with van der Waals surface area (Å²) >= 11 is 0. The predicted octanol–water partition coefficient (Wildman–Crippen LogP) is 3.19. The Morgan fingerprint density at radius 1 is 1.20 bits per heavy atom. The number of anilines is 1. The highest BCUT2D eigenvalue weighted by atomic mass is 16.4. The molecule has 0 aliphatic carbocycles. The molecule has 0 radical (unpaired) electrons. The fourth-order valence-corrected chi connectivity index (χ4v) is 2.03. The molecule has 0 saturated heterocycles. The van der Waals surface area contributed by atoms with Gasteiger partial charge in [0.1, 0.15) is 5.69 Å². The van der Waals surface area contributed by atoms with Crippen LogP contribution in [0.2, 0.25) is 0 Å². The van der Waals surface area contributed by atoms with Gasteiger partial charge in [-0.05, 0) is 31.5 Å². The summed E-state index contributed by atoms with van der Waals surface area (Å²) in [5, 5.41) is 8.88. The summed E-state index contributed by atoms with van der Waals surface area (Å²) < 4.78 is 0. The van der Waals surface area contributed by atoms with Gasteiger partial charge in [0.25, 0.3) is 0 Å². The molecule has 0 aliphatic rings. The lowest BCUT2D eigenvalue weighted by atomic mass is 10.1. The number of aromatic carboxylic acids is 1. The van der Waals surface area contributed by atoms with Crippen LogP contribution in [0.25, 0.3) is 0 Å². The quantitative estimate of drug-likeness (QED) is 0.906. The van der Waals surface area contributed by atoms with Crippen molar-refractivity contribution in [2.24, 2.45) is 0 Å². The lowest BCUT2D eigenvalue weighted by Crippen LogP contribution is -2.30. The van der Waals surface area contributed by atoms with Gasteiger partial charge in [0.2, 0.25) is 0 Å². The van der Waals surface area contributed by atoms with E-state index in [2.05, 4.69) is 35.9 Å². The molecule has 1 N–H and O–H groups in total. The molecular weight excluding hydrogens is 252 g/mol. The highest BCUT2D eigenvalue weighted by molar-refractivity contribution is 5.85. The normalized spacial score (nSPS) is 10.6.